The Labute approximate surface area is 131 Å². The Balaban J connectivity index is 1.85. The molecule has 22 heavy (non-hydrogen) atoms. The van der Waals surface area contributed by atoms with Crippen molar-refractivity contribution in [3.8, 4) is 11.3 Å². The first-order chi connectivity index (χ1) is 10.5. The van der Waals surface area contributed by atoms with E-state index in [4.69, 9.17) is 5.73 Å². The van der Waals surface area contributed by atoms with Gasteiger partial charge >= 0.3 is 0 Å². The molecule has 2 aromatic rings. The topological polar surface area (TPSA) is 51.3 Å². The Morgan fingerprint density at radius 3 is 2.59 bits per heavy atom. The van der Waals surface area contributed by atoms with Crippen molar-refractivity contribution in [3.05, 3.63) is 48.2 Å². The number of amides is 1. The van der Waals surface area contributed by atoms with Gasteiger partial charge in [-0.2, -0.15) is 0 Å². The molecule has 0 aliphatic carbocycles. The third-order valence-corrected chi connectivity index (χ3v) is 4.75. The molecule has 2 N–H and O–H groups in total. The summed E-state index contributed by atoms with van der Waals surface area (Å²) in [5.74, 6) is 0.0989. The molecule has 1 amide bonds. The number of benzene rings is 1. The van der Waals surface area contributed by atoms with Crippen LogP contribution in [-0.2, 0) is 7.05 Å². The maximum Gasteiger partial charge on any atom is 0.270 e. The molecular weight excluding hydrogens is 274 g/mol. The van der Waals surface area contributed by atoms with Crippen molar-refractivity contribution >= 4 is 5.91 Å². The summed E-state index contributed by atoms with van der Waals surface area (Å²) in [6, 6.07) is 14.1. The maximum absolute atomic E-state index is 12.8. The molecule has 0 spiro atoms. The number of nitrogens with two attached hydrogens (primary N) is 1. The Hall–Kier alpha value is -2.07. The lowest BCUT2D eigenvalue weighted by molar-refractivity contribution is 0.0767. The summed E-state index contributed by atoms with van der Waals surface area (Å²) in [5, 5.41) is 0. The number of hydrogen-bond donors (Lipinski definition) is 1. The Morgan fingerprint density at radius 1 is 1.23 bits per heavy atom. The fraction of sp³-hybridized carbons (Fsp3) is 0.389. The van der Waals surface area contributed by atoms with Crippen LogP contribution in [0.25, 0.3) is 11.3 Å². The molecule has 0 saturated carbocycles. The number of carbonyl (C=O) groups is 1. The molecule has 4 nitrogen and oxygen atoms in total. The van der Waals surface area contributed by atoms with Crippen molar-refractivity contribution in [1.29, 1.82) is 0 Å². The van der Waals surface area contributed by atoms with Gasteiger partial charge in [0.2, 0.25) is 0 Å². The fourth-order valence-electron chi connectivity index (χ4n) is 3.15. The van der Waals surface area contributed by atoms with E-state index in [0.717, 1.165) is 36.5 Å². The highest BCUT2D eigenvalue weighted by molar-refractivity contribution is 5.94. The first kappa shape index (κ1) is 14.9. The van der Waals surface area contributed by atoms with Crippen molar-refractivity contribution < 1.29 is 4.79 Å². The minimum absolute atomic E-state index is 0.0586. The predicted octanol–water partition coefficient (Wildman–Crippen LogP) is 2.50. The van der Waals surface area contributed by atoms with E-state index in [1.54, 1.807) is 0 Å². The van der Waals surface area contributed by atoms with Crippen molar-refractivity contribution in [2.45, 2.75) is 13.3 Å². The van der Waals surface area contributed by atoms with Crippen molar-refractivity contribution in [2.75, 3.05) is 19.6 Å². The van der Waals surface area contributed by atoms with Crippen molar-refractivity contribution in [3.63, 3.8) is 0 Å². The van der Waals surface area contributed by atoms with Crippen LogP contribution in [0, 0.1) is 5.41 Å². The van der Waals surface area contributed by atoms with Gasteiger partial charge < -0.3 is 15.2 Å². The van der Waals surface area contributed by atoms with Gasteiger partial charge in [-0.3, -0.25) is 4.79 Å². The highest BCUT2D eigenvalue weighted by Crippen LogP contribution is 2.30. The summed E-state index contributed by atoms with van der Waals surface area (Å²) in [5.41, 5.74) is 8.81. The molecule has 1 aromatic heterocycles. The number of likely N-dealkylation sites (tertiary alicyclic amines) is 1. The number of rotatable bonds is 3. The van der Waals surface area contributed by atoms with Crippen LogP contribution in [0.4, 0.5) is 0 Å². The molecule has 1 saturated heterocycles. The average molecular weight is 297 g/mol. The summed E-state index contributed by atoms with van der Waals surface area (Å²) in [6.45, 7) is 4.31. The monoisotopic (exact) mass is 297 g/mol. The summed E-state index contributed by atoms with van der Waals surface area (Å²) in [7, 11) is 1.95. The van der Waals surface area contributed by atoms with E-state index in [-0.39, 0.29) is 11.3 Å². The summed E-state index contributed by atoms with van der Waals surface area (Å²) < 4.78 is 1.98. The Bertz CT molecular complexity index is 677. The van der Waals surface area contributed by atoms with Gasteiger partial charge in [-0.25, -0.2) is 0 Å². The van der Waals surface area contributed by atoms with E-state index >= 15 is 0 Å². The average Bonchev–Trinajstić information content (AvgIpc) is 3.12. The zero-order valence-corrected chi connectivity index (χ0v) is 13.2. The zero-order chi connectivity index (χ0) is 15.7. The van der Waals surface area contributed by atoms with Crippen LogP contribution in [0.5, 0.6) is 0 Å². The number of aromatic nitrogens is 1. The number of carbonyl (C=O) groups excluding carboxylic acids is 1. The molecular formula is C18H23N3O. The highest BCUT2D eigenvalue weighted by atomic mass is 16.2. The van der Waals surface area contributed by atoms with Gasteiger partial charge in [-0.05, 0) is 36.1 Å². The second-order valence-corrected chi connectivity index (χ2v) is 6.52. The quantitative estimate of drug-likeness (QED) is 0.946. The molecule has 1 unspecified atom stereocenters. The smallest absolute Gasteiger partial charge is 0.270 e. The third-order valence-electron chi connectivity index (χ3n) is 4.75. The van der Waals surface area contributed by atoms with E-state index in [0.29, 0.717) is 6.54 Å². The molecule has 0 radical (unpaired) electrons. The summed E-state index contributed by atoms with van der Waals surface area (Å²) >= 11 is 0. The lowest BCUT2D eigenvalue weighted by atomic mass is 9.90. The van der Waals surface area contributed by atoms with Crippen LogP contribution in [0.15, 0.2) is 42.5 Å². The largest absolute Gasteiger partial charge is 0.340 e. The number of nitrogens with zero attached hydrogens (tertiary/aromatic N) is 2. The lowest BCUT2D eigenvalue weighted by Crippen LogP contribution is -2.35. The first-order valence-electron chi connectivity index (χ1n) is 7.74. The normalized spacial score (nSPS) is 21.3. The molecule has 1 aromatic carbocycles. The Kier molecular flexibility index (Phi) is 3.79. The molecule has 0 bridgehead atoms. The SMILES string of the molecule is Cn1c(C(=O)N2CCC(C)(CN)C2)ccc1-c1ccccc1. The van der Waals surface area contributed by atoms with E-state index in [9.17, 15) is 4.79 Å². The molecule has 1 atom stereocenters. The zero-order valence-electron chi connectivity index (χ0n) is 13.2. The van der Waals surface area contributed by atoms with E-state index in [1.165, 1.54) is 0 Å². The van der Waals surface area contributed by atoms with Crippen molar-refractivity contribution in [1.82, 2.24) is 9.47 Å². The van der Waals surface area contributed by atoms with E-state index in [2.05, 4.69) is 19.1 Å². The standard InChI is InChI=1S/C18H23N3O/c1-18(12-19)10-11-21(13-18)17(22)16-9-8-15(20(16)2)14-6-4-3-5-7-14/h3-9H,10-13,19H2,1-2H3. The third kappa shape index (κ3) is 2.55. The van der Waals surface area contributed by atoms with Crippen LogP contribution in [0.3, 0.4) is 0 Å². The van der Waals surface area contributed by atoms with Crippen LogP contribution in [-0.4, -0.2) is 35.0 Å². The van der Waals surface area contributed by atoms with Crippen LogP contribution in [0.1, 0.15) is 23.8 Å². The van der Waals surface area contributed by atoms with E-state index < -0.39 is 0 Å². The van der Waals surface area contributed by atoms with Gasteiger partial charge in [-0.15, -0.1) is 0 Å². The molecule has 1 aliphatic rings. The minimum atomic E-state index is 0.0586. The van der Waals surface area contributed by atoms with Crippen LogP contribution in [0.2, 0.25) is 0 Å². The van der Waals surface area contributed by atoms with Gasteiger partial charge in [0.15, 0.2) is 0 Å². The maximum atomic E-state index is 12.8. The second kappa shape index (κ2) is 5.61. The van der Waals surface area contributed by atoms with Crippen molar-refractivity contribution in [2.24, 2.45) is 18.2 Å². The van der Waals surface area contributed by atoms with E-state index in [1.807, 2.05) is 46.8 Å². The summed E-state index contributed by atoms with van der Waals surface area (Å²) in [6.07, 6.45) is 0.977. The van der Waals surface area contributed by atoms with Gasteiger partial charge in [0.1, 0.15) is 5.69 Å². The lowest BCUT2D eigenvalue weighted by Gasteiger charge is -2.22. The van der Waals surface area contributed by atoms with Crippen LogP contribution < -0.4 is 5.73 Å². The highest BCUT2D eigenvalue weighted by Gasteiger charge is 2.35. The molecule has 4 heteroatoms. The minimum Gasteiger partial charge on any atom is -0.340 e. The number of hydrogen-bond acceptors (Lipinski definition) is 2. The molecule has 116 valence electrons. The first-order valence-corrected chi connectivity index (χ1v) is 7.74. The molecule has 1 fully saturated rings. The van der Waals surface area contributed by atoms with Gasteiger partial charge in [0.05, 0.1) is 0 Å². The van der Waals surface area contributed by atoms with Crippen LogP contribution >= 0.6 is 0 Å². The van der Waals surface area contributed by atoms with Gasteiger partial charge in [0, 0.05) is 25.8 Å². The predicted molar refractivity (Wildman–Crippen MR) is 88.5 cm³/mol. The van der Waals surface area contributed by atoms with Gasteiger partial charge in [0.25, 0.3) is 5.91 Å². The molecule has 3 rings (SSSR count). The summed E-state index contributed by atoms with van der Waals surface area (Å²) in [4.78, 5) is 14.7. The molecule has 1 aliphatic heterocycles. The molecule has 2 heterocycles. The fourth-order valence-corrected chi connectivity index (χ4v) is 3.15. The second-order valence-electron chi connectivity index (χ2n) is 6.52. The van der Waals surface area contributed by atoms with Gasteiger partial charge in [-0.1, -0.05) is 37.3 Å². The Morgan fingerprint density at radius 2 is 1.95 bits per heavy atom.